The molecular formula is C20H27NO. The number of rotatable bonds is 7. The summed E-state index contributed by atoms with van der Waals surface area (Å²) < 4.78 is 6.07. The van der Waals surface area contributed by atoms with Gasteiger partial charge in [0, 0.05) is 12.5 Å². The zero-order valence-corrected chi connectivity index (χ0v) is 13.6. The van der Waals surface area contributed by atoms with Crippen molar-refractivity contribution in [2.75, 3.05) is 20.1 Å². The van der Waals surface area contributed by atoms with Crippen LogP contribution in [0.5, 0.6) is 0 Å². The van der Waals surface area contributed by atoms with Gasteiger partial charge < -0.3 is 9.64 Å². The Morgan fingerprint density at radius 1 is 1.18 bits per heavy atom. The summed E-state index contributed by atoms with van der Waals surface area (Å²) in [4.78, 5) is 2.44. The molecule has 1 fully saturated rings. The van der Waals surface area contributed by atoms with Gasteiger partial charge in [0.25, 0.3) is 0 Å². The quantitative estimate of drug-likeness (QED) is 0.748. The van der Waals surface area contributed by atoms with Crippen LogP contribution in [-0.2, 0) is 11.2 Å². The monoisotopic (exact) mass is 297 g/mol. The van der Waals surface area contributed by atoms with Crippen LogP contribution in [0.25, 0.3) is 0 Å². The normalized spacial score (nSPS) is 23.3. The van der Waals surface area contributed by atoms with E-state index in [-0.39, 0.29) is 0 Å². The molecule has 2 unspecified atom stereocenters. The van der Waals surface area contributed by atoms with Gasteiger partial charge in [-0.05, 0) is 57.3 Å². The first-order valence-electron chi connectivity index (χ1n) is 8.57. The lowest BCUT2D eigenvalue weighted by molar-refractivity contribution is 0.144. The molecule has 2 aliphatic rings. The van der Waals surface area contributed by atoms with Crippen molar-refractivity contribution in [1.29, 1.82) is 0 Å². The van der Waals surface area contributed by atoms with Crippen molar-refractivity contribution in [2.45, 2.75) is 38.2 Å². The summed E-state index contributed by atoms with van der Waals surface area (Å²) in [6.45, 7) is 2.29. The molecule has 2 heteroatoms. The van der Waals surface area contributed by atoms with Crippen LogP contribution >= 0.6 is 0 Å². The lowest BCUT2D eigenvalue weighted by atomic mass is 9.94. The fraction of sp³-hybridized carbons (Fsp3) is 0.500. The Balaban J connectivity index is 1.32. The molecule has 1 aliphatic heterocycles. The number of fused-ring (bicyclic) bond motifs is 1. The Labute approximate surface area is 134 Å². The summed E-state index contributed by atoms with van der Waals surface area (Å²) in [5.74, 6) is 1.88. The maximum atomic E-state index is 6.07. The lowest BCUT2D eigenvalue weighted by Crippen LogP contribution is -2.23. The van der Waals surface area contributed by atoms with E-state index in [0.29, 0.717) is 12.0 Å². The molecule has 3 rings (SSSR count). The van der Waals surface area contributed by atoms with Gasteiger partial charge in [-0.2, -0.15) is 0 Å². The Morgan fingerprint density at radius 3 is 2.86 bits per heavy atom. The van der Waals surface area contributed by atoms with Crippen molar-refractivity contribution >= 4 is 0 Å². The topological polar surface area (TPSA) is 12.5 Å². The number of hydrogen-bond acceptors (Lipinski definition) is 2. The minimum atomic E-state index is 0.443. The van der Waals surface area contributed by atoms with E-state index in [2.05, 4.69) is 60.5 Å². The molecule has 1 aromatic rings. The van der Waals surface area contributed by atoms with E-state index < -0.39 is 0 Å². The van der Waals surface area contributed by atoms with Gasteiger partial charge in [-0.1, -0.05) is 42.5 Å². The molecule has 2 atom stereocenters. The van der Waals surface area contributed by atoms with Crippen molar-refractivity contribution in [3.8, 4) is 0 Å². The summed E-state index contributed by atoms with van der Waals surface area (Å²) in [7, 11) is 2.23. The standard InChI is InChI=1S/C20H27NO/c1-21(15-13-17-8-3-2-4-9-17)14-7-11-19-16-18-10-5-6-12-20(18)22-19/h2-6,8-9,12,18-19H,7,10-11,13-16H2,1H3. The van der Waals surface area contributed by atoms with E-state index in [9.17, 15) is 0 Å². The second-order valence-electron chi connectivity index (χ2n) is 6.59. The van der Waals surface area contributed by atoms with E-state index in [0.717, 1.165) is 19.5 Å². The van der Waals surface area contributed by atoms with Crippen LogP contribution in [0.3, 0.4) is 0 Å². The van der Waals surface area contributed by atoms with E-state index in [4.69, 9.17) is 4.74 Å². The van der Waals surface area contributed by atoms with Crippen LogP contribution < -0.4 is 0 Å². The SMILES string of the molecule is CN(CCCC1CC2CC=CC=C2O1)CCc1ccccc1. The van der Waals surface area contributed by atoms with Crippen molar-refractivity contribution in [3.05, 3.63) is 59.9 Å². The average Bonchev–Trinajstić information content (AvgIpc) is 2.96. The highest BCUT2D eigenvalue weighted by atomic mass is 16.5. The number of hydrogen-bond donors (Lipinski definition) is 0. The highest BCUT2D eigenvalue weighted by molar-refractivity contribution is 5.19. The fourth-order valence-corrected chi connectivity index (χ4v) is 3.41. The smallest absolute Gasteiger partial charge is 0.0999 e. The van der Waals surface area contributed by atoms with Crippen LogP contribution in [-0.4, -0.2) is 31.1 Å². The van der Waals surface area contributed by atoms with Crippen LogP contribution in [0.1, 0.15) is 31.2 Å². The molecule has 0 amide bonds. The van der Waals surface area contributed by atoms with E-state index in [1.54, 1.807) is 0 Å². The molecule has 1 aromatic carbocycles. The van der Waals surface area contributed by atoms with Crippen LogP contribution in [0.2, 0.25) is 0 Å². The van der Waals surface area contributed by atoms with E-state index >= 15 is 0 Å². The molecule has 2 nitrogen and oxygen atoms in total. The Morgan fingerprint density at radius 2 is 2.05 bits per heavy atom. The lowest BCUT2D eigenvalue weighted by Gasteiger charge is -2.18. The Bertz CT molecular complexity index is 520. The first-order chi connectivity index (χ1) is 10.8. The van der Waals surface area contributed by atoms with Gasteiger partial charge in [0.05, 0.1) is 11.9 Å². The predicted molar refractivity (Wildman–Crippen MR) is 91.7 cm³/mol. The third kappa shape index (κ3) is 4.23. The predicted octanol–water partition coefficient (Wildman–Crippen LogP) is 4.19. The van der Waals surface area contributed by atoms with Crippen LogP contribution in [0, 0.1) is 5.92 Å². The molecule has 0 spiro atoms. The molecule has 1 heterocycles. The first-order valence-corrected chi connectivity index (χ1v) is 8.57. The van der Waals surface area contributed by atoms with Crippen LogP contribution in [0.15, 0.2) is 54.3 Å². The molecule has 22 heavy (non-hydrogen) atoms. The van der Waals surface area contributed by atoms with Crippen molar-refractivity contribution in [2.24, 2.45) is 5.92 Å². The first kappa shape index (κ1) is 15.4. The second-order valence-corrected chi connectivity index (χ2v) is 6.59. The van der Waals surface area contributed by atoms with Crippen LogP contribution in [0.4, 0.5) is 0 Å². The minimum Gasteiger partial charge on any atom is -0.494 e. The van der Waals surface area contributed by atoms with E-state index in [1.165, 1.54) is 37.0 Å². The van der Waals surface area contributed by atoms with Gasteiger partial charge in [0.2, 0.25) is 0 Å². The molecule has 1 aliphatic carbocycles. The zero-order valence-electron chi connectivity index (χ0n) is 13.6. The largest absolute Gasteiger partial charge is 0.494 e. The molecule has 0 bridgehead atoms. The van der Waals surface area contributed by atoms with E-state index in [1.807, 2.05) is 0 Å². The maximum absolute atomic E-state index is 6.07. The highest BCUT2D eigenvalue weighted by Crippen LogP contribution is 2.36. The van der Waals surface area contributed by atoms with Crippen molar-refractivity contribution in [1.82, 2.24) is 4.90 Å². The van der Waals surface area contributed by atoms with Gasteiger partial charge >= 0.3 is 0 Å². The average molecular weight is 297 g/mol. The Hall–Kier alpha value is -1.54. The molecule has 0 N–H and O–H groups in total. The Kier molecular flexibility index (Phi) is 5.33. The summed E-state index contributed by atoms with van der Waals surface area (Å²) in [5.41, 5.74) is 1.43. The number of ether oxygens (including phenoxy) is 1. The molecular weight excluding hydrogens is 270 g/mol. The fourth-order valence-electron chi connectivity index (χ4n) is 3.41. The number of nitrogens with zero attached hydrogens (tertiary/aromatic N) is 1. The van der Waals surface area contributed by atoms with Gasteiger partial charge in [-0.3, -0.25) is 0 Å². The molecule has 0 saturated carbocycles. The van der Waals surface area contributed by atoms with Crippen molar-refractivity contribution < 1.29 is 4.74 Å². The summed E-state index contributed by atoms with van der Waals surface area (Å²) >= 11 is 0. The molecule has 0 aromatic heterocycles. The molecule has 118 valence electrons. The summed E-state index contributed by atoms with van der Waals surface area (Å²) in [6.07, 6.45) is 12.9. The van der Waals surface area contributed by atoms with Gasteiger partial charge in [0.15, 0.2) is 0 Å². The maximum Gasteiger partial charge on any atom is 0.0999 e. The van der Waals surface area contributed by atoms with Gasteiger partial charge in [0.1, 0.15) is 0 Å². The van der Waals surface area contributed by atoms with Gasteiger partial charge in [-0.15, -0.1) is 0 Å². The molecule has 0 radical (unpaired) electrons. The highest BCUT2D eigenvalue weighted by Gasteiger charge is 2.30. The number of likely N-dealkylation sites (N-methyl/N-ethyl adjacent to an activating group) is 1. The number of benzene rings is 1. The van der Waals surface area contributed by atoms with Crippen molar-refractivity contribution in [3.63, 3.8) is 0 Å². The summed E-state index contributed by atoms with van der Waals surface area (Å²) in [5, 5.41) is 0. The van der Waals surface area contributed by atoms with Gasteiger partial charge in [-0.25, -0.2) is 0 Å². The summed E-state index contributed by atoms with van der Waals surface area (Å²) in [6, 6.07) is 10.7. The molecule has 1 saturated heterocycles. The second kappa shape index (κ2) is 7.64. The minimum absolute atomic E-state index is 0.443. The third-order valence-electron chi connectivity index (χ3n) is 4.76. The number of allylic oxidation sites excluding steroid dienone is 4. The third-order valence-corrected chi connectivity index (χ3v) is 4.76. The zero-order chi connectivity index (χ0) is 15.2.